The van der Waals surface area contributed by atoms with Crippen molar-refractivity contribution in [2.45, 2.75) is 32.7 Å². The molecule has 1 aliphatic heterocycles. The highest BCUT2D eigenvalue weighted by atomic mass is 16.5. The van der Waals surface area contributed by atoms with Crippen molar-refractivity contribution in [1.29, 1.82) is 0 Å². The number of rotatable bonds is 5. The number of aliphatic hydroxyl groups is 1. The van der Waals surface area contributed by atoms with Crippen molar-refractivity contribution in [3.63, 3.8) is 0 Å². The smallest absolute Gasteiger partial charge is 0.317 e. The number of nitrogens with zero attached hydrogens (tertiary/aromatic N) is 1. The molecule has 2 atom stereocenters. The van der Waals surface area contributed by atoms with Gasteiger partial charge in [0.25, 0.3) is 0 Å². The molecule has 0 bridgehead atoms. The number of ether oxygens (including phenoxy) is 1. The number of hydrogen-bond acceptors (Lipinski definition) is 3. The summed E-state index contributed by atoms with van der Waals surface area (Å²) in [6, 6.07) is 7.73. The van der Waals surface area contributed by atoms with E-state index in [1.807, 2.05) is 38.1 Å². The molecule has 1 heterocycles. The topological polar surface area (TPSA) is 61.8 Å². The molecule has 0 aromatic heterocycles. The third kappa shape index (κ3) is 4.91. The van der Waals surface area contributed by atoms with Crippen LogP contribution < -0.4 is 10.1 Å². The number of hydrogen-bond donors (Lipinski definition) is 2. The monoisotopic (exact) mass is 306 g/mol. The average Bonchev–Trinajstić information content (AvgIpc) is 2.53. The zero-order valence-corrected chi connectivity index (χ0v) is 13.4. The van der Waals surface area contributed by atoms with Gasteiger partial charge in [0, 0.05) is 19.7 Å². The first-order chi connectivity index (χ1) is 10.6. The van der Waals surface area contributed by atoms with E-state index in [1.165, 1.54) is 0 Å². The number of aliphatic hydroxyl groups excluding tert-OH is 1. The van der Waals surface area contributed by atoms with Gasteiger partial charge in [-0.05, 0) is 50.3 Å². The van der Waals surface area contributed by atoms with Crippen molar-refractivity contribution < 1.29 is 14.6 Å². The molecule has 1 aromatic rings. The minimum atomic E-state index is -0.0708. The Morgan fingerprint density at radius 3 is 3.09 bits per heavy atom. The van der Waals surface area contributed by atoms with Crippen LogP contribution in [0, 0.1) is 12.8 Å². The van der Waals surface area contributed by atoms with Crippen molar-refractivity contribution >= 4 is 6.03 Å². The summed E-state index contributed by atoms with van der Waals surface area (Å²) in [7, 11) is 0. The Hall–Kier alpha value is -1.75. The highest BCUT2D eigenvalue weighted by Crippen LogP contribution is 2.16. The van der Waals surface area contributed by atoms with E-state index in [2.05, 4.69) is 5.32 Å². The summed E-state index contributed by atoms with van der Waals surface area (Å²) in [6.45, 7) is 5.93. The lowest BCUT2D eigenvalue weighted by Crippen LogP contribution is -2.49. The molecule has 5 heteroatoms. The molecule has 1 fully saturated rings. The van der Waals surface area contributed by atoms with E-state index < -0.39 is 0 Å². The van der Waals surface area contributed by atoms with E-state index >= 15 is 0 Å². The summed E-state index contributed by atoms with van der Waals surface area (Å²) in [5.74, 6) is 1.03. The van der Waals surface area contributed by atoms with E-state index in [1.54, 1.807) is 4.90 Å². The molecule has 22 heavy (non-hydrogen) atoms. The summed E-state index contributed by atoms with van der Waals surface area (Å²) in [6.07, 6.45) is 1.94. The maximum atomic E-state index is 12.2. The standard InChI is InChI=1S/C17H26N2O3/c1-13-5-3-7-16(9-13)22-12-14(2)18-17(21)19-8-4-6-15(10-19)11-20/h3,5,7,9,14-15,20H,4,6,8,10-12H2,1-2H3,(H,18,21). The predicted octanol–water partition coefficient (Wildman–Crippen LogP) is 2.18. The largest absolute Gasteiger partial charge is 0.491 e. The fourth-order valence-corrected chi connectivity index (χ4v) is 2.67. The lowest BCUT2D eigenvalue weighted by Gasteiger charge is -2.32. The van der Waals surface area contributed by atoms with Gasteiger partial charge in [0.1, 0.15) is 12.4 Å². The fourth-order valence-electron chi connectivity index (χ4n) is 2.67. The third-order valence-corrected chi connectivity index (χ3v) is 3.92. The van der Waals surface area contributed by atoms with Gasteiger partial charge in [-0.25, -0.2) is 4.79 Å². The second kappa shape index (κ2) is 8.03. The number of benzene rings is 1. The molecular weight excluding hydrogens is 280 g/mol. The average molecular weight is 306 g/mol. The molecule has 122 valence electrons. The second-order valence-electron chi connectivity index (χ2n) is 6.11. The minimum absolute atomic E-state index is 0.0671. The SMILES string of the molecule is Cc1cccc(OCC(C)NC(=O)N2CCCC(CO)C2)c1. The third-order valence-electron chi connectivity index (χ3n) is 3.92. The lowest BCUT2D eigenvalue weighted by atomic mass is 9.99. The molecule has 0 spiro atoms. The predicted molar refractivity (Wildman–Crippen MR) is 86.1 cm³/mol. The van der Waals surface area contributed by atoms with E-state index in [9.17, 15) is 9.90 Å². The van der Waals surface area contributed by atoms with Gasteiger partial charge in [-0.1, -0.05) is 12.1 Å². The van der Waals surface area contributed by atoms with Gasteiger partial charge in [-0.15, -0.1) is 0 Å². The highest BCUT2D eigenvalue weighted by Gasteiger charge is 2.23. The Balaban J connectivity index is 1.76. The van der Waals surface area contributed by atoms with Crippen LogP contribution >= 0.6 is 0 Å². The van der Waals surface area contributed by atoms with Crippen molar-refractivity contribution in [1.82, 2.24) is 10.2 Å². The van der Waals surface area contributed by atoms with Crippen LogP contribution in [0.1, 0.15) is 25.3 Å². The molecule has 2 unspecified atom stereocenters. The van der Waals surface area contributed by atoms with Crippen LogP contribution in [0.25, 0.3) is 0 Å². The lowest BCUT2D eigenvalue weighted by molar-refractivity contribution is 0.126. The number of carbonyl (C=O) groups is 1. The quantitative estimate of drug-likeness (QED) is 0.876. The summed E-state index contributed by atoms with van der Waals surface area (Å²) < 4.78 is 5.71. The normalized spacial score (nSPS) is 19.6. The zero-order chi connectivity index (χ0) is 15.9. The first-order valence-electron chi connectivity index (χ1n) is 7.94. The van der Waals surface area contributed by atoms with Crippen molar-refractivity contribution in [3.05, 3.63) is 29.8 Å². The Morgan fingerprint density at radius 2 is 2.36 bits per heavy atom. The summed E-state index contributed by atoms with van der Waals surface area (Å²) in [4.78, 5) is 14.0. The highest BCUT2D eigenvalue weighted by molar-refractivity contribution is 5.74. The molecule has 5 nitrogen and oxygen atoms in total. The molecule has 2 N–H and O–H groups in total. The Kier molecular flexibility index (Phi) is 6.07. The Morgan fingerprint density at radius 1 is 1.55 bits per heavy atom. The fraction of sp³-hybridized carbons (Fsp3) is 0.588. The molecule has 1 aromatic carbocycles. The molecular formula is C17H26N2O3. The van der Waals surface area contributed by atoms with Gasteiger partial charge in [-0.3, -0.25) is 0 Å². The van der Waals surface area contributed by atoms with Crippen molar-refractivity contribution in [2.75, 3.05) is 26.3 Å². The Labute approximate surface area is 132 Å². The summed E-state index contributed by atoms with van der Waals surface area (Å²) in [5, 5.41) is 12.2. The molecule has 0 radical (unpaired) electrons. The van der Waals surface area contributed by atoms with Crippen LogP contribution in [0.15, 0.2) is 24.3 Å². The van der Waals surface area contributed by atoms with E-state index in [0.717, 1.165) is 30.7 Å². The van der Waals surface area contributed by atoms with E-state index in [4.69, 9.17) is 4.74 Å². The number of urea groups is 1. The number of carbonyl (C=O) groups excluding carboxylic acids is 1. The van der Waals surface area contributed by atoms with Crippen LogP contribution in [0.5, 0.6) is 5.75 Å². The number of likely N-dealkylation sites (tertiary alicyclic amines) is 1. The first-order valence-corrected chi connectivity index (χ1v) is 7.94. The molecule has 1 saturated heterocycles. The van der Waals surface area contributed by atoms with Gasteiger partial charge in [0.2, 0.25) is 0 Å². The van der Waals surface area contributed by atoms with Gasteiger partial charge >= 0.3 is 6.03 Å². The number of amides is 2. The number of aryl methyl sites for hydroxylation is 1. The second-order valence-corrected chi connectivity index (χ2v) is 6.11. The van der Waals surface area contributed by atoms with Crippen LogP contribution in [0.4, 0.5) is 4.79 Å². The van der Waals surface area contributed by atoms with Crippen LogP contribution in [0.2, 0.25) is 0 Å². The van der Waals surface area contributed by atoms with Gasteiger partial charge in [0.15, 0.2) is 0 Å². The van der Waals surface area contributed by atoms with E-state index in [-0.39, 0.29) is 24.6 Å². The zero-order valence-electron chi connectivity index (χ0n) is 13.4. The molecule has 0 saturated carbocycles. The maximum absolute atomic E-state index is 12.2. The molecule has 2 amide bonds. The van der Waals surface area contributed by atoms with Crippen LogP contribution in [0.3, 0.4) is 0 Å². The van der Waals surface area contributed by atoms with Gasteiger partial charge < -0.3 is 20.1 Å². The summed E-state index contributed by atoms with van der Waals surface area (Å²) in [5.41, 5.74) is 1.15. The molecule has 0 aliphatic carbocycles. The van der Waals surface area contributed by atoms with E-state index in [0.29, 0.717) is 13.2 Å². The molecule has 1 aliphatic rings. The van der Waals surface area contributed by atoms with Crippen LogP contribution in [-0.4, -0.2) is 48.4 Å². The number of nitrogens with one attached hydrogen (secondary N) is 1. The molecule has 2 rings (SSSR count). The van der Waals surface area contributed by atoms with Gasteiger partial charge in [0.05, 0.1) is 6.04 Å². The maximum Gasteiger partial charge on any atom is 0.317 e. The Bertz CT molecular complexity index is 493. The van der Waals surface area contributed by atoms with Crippen LogP contribution in [-0.2, 0) is 0 Å². The number of piperidine rings is 1. The van der Waals surface area contributed by atoms with Gasteiger partial charge in [-0.2, -0.15) is 0 Å². The van der Waals surface area contributed by atoms with Crippen molar-refractivity contribution in [3.8, 4) is 5.75 Å². The van der Waals surface area contributed by atoms with Crippen molar-refractivity contribution in [2.24, 2.45) is 5.92 Å². The first kappa shape index (κ1) is 16.6. The minimum Gasteiger partial charge on any atom is -0.491 e. The summed E-state index contributed by atoms with van der Waals surface area (Å²) >= 11 is 0.